The number of fused-ring (bicyclic) bond motifs is 1. The molecule has 0 spiro atoms. The van der Waals surface area contributed by atoms with Crippen molar-refractivity contribution < 1.29 is 4.74 Å². The molecule has 1 N–H and O–H groups in total. The Balaban J connectivity index is 1.41. The monoisotopic (exact) mass is 298 g/mol. The lowest BCUT2D eigenvalue weighted by Gasteiger charge is -2.38. The maximum absolute atomic E-state index is 6.21. The van der Waals surface area contributed by atoms with Gasteiger partial charge in [0, 0.05) is 38.6 Å². The maximum Gasteiger partial charge on any atom is 0.210 e. The Morgan fingerprint density at radius 3 is 2.95 bits per heavy atom. The van der Waals surface area contributed by atoms with Crippen LogP contribution < -0.4 is 5.32 Å². The van der Waals surface area contributed by atoms with Gasteiger partial charge in [-0.1, -0.05) is 24.3 Å². The first kappa shape index (κ1) is 13.8. The fraction of sp³-hybridized carbons (Fsp3) is 0.471. The van der Waals surface area contributed by atoms with Crippen LogP contribution in [0.5, 0.6) is 0 Å². The number of nitrogens with one attached hydrogen (secondary N) is 1. The van der Waals surface area contributed by atoms with Crippen LogP contribution in [0.4, 0.5) is 0 Å². The molecule has 1 aromatic rings. The Morgan fingerprint density at radius 2 is 2.05 bits per heavy atom. The highest BCUT2D eigenvalue weighted by Crippen LogP contribution is 2.34. The zero-order valence-electron chi connectivity index (χ0n) is 12.7. The highest BCUT2D eigenvalue weighted by atomic mass is 16.5. The van der Waals surface area contributed by atoms with Gasteiger partial charge in [0.1, 0.15) is 12.6 Å². The molecule has 1 aliphatic carbocycles. The summed E-state index contributed by atoms with van der Waals surface area (Å²) in [7, 11) is 0. The lowest BCUT2D eigenvalue weighted by atomic mass is 10.1. The average molecular weight is 298 g/mol. The normalized spacial score (nSPS) is 25.0. The molecule has 1 fully saturated rings. The Hall–Kier alpha value is -1.85. The van der Waals surface area contributed by atoms with Gasteiger partial charge in [-0.05, 0) is 24.0 Å². The number of rotatable bonds is 2. The van der Waals surface area contributed by atoms with Crippen molar-refractivity contribution >= 4 is 5.90 Å². The molecule has 2 heterocycles. The minimum atomic E-state index is 0.159. The molecule has 116 valence electrons. The first-order valence-corrected chi connectivity index (χ1v) is 8.10. The molecule has 3 aliphatic rings. The molecule has 5 nitrogen and oxygen atoms in total. The van der Waals surface area contributed by atoms with Crippen molar-refractivity contribution in [1.29, 1.82) is 0 Å². The molecule has 5 heteroatoms. The highest BCUT2D eigenvalue weighted by molar-refractivity contribution is 5.80. The lowest BCUT2D eigenvalue weighted by molar-refractivity contribution is 0.0154. The van der Waals surface area contributed by atoms with Gasteiger partial charge in [0.2, 0.25) is 5.90 Å². The molecule has 1 atom stereocenters. The predicted octanol–water partition coefficient (Wildman–Crippen LogP) is 1.70. The molecule has 0 radical (unpaired) electrons. The van der Waals surface area contributed by atoms with E-state index in [-0.39, 0.29) is 6.10 Å². The Labute approximate surface area is 131 Å². The summed E-state index contributed by atoms with van der Waals surface area (Å²) in [5.74, 6) is 0.822. The standard InChI is InChI=1S/C17H22N4O/c1-2-4-15-14(3-1)5-6-16(15)22-17-13-21(12-9-19-17)20-10-7-18-8-11-20/h1-4,9,12,16,18H,5-8,10-11,13H2/t16-/m0/s1. The van der Waals surface area contributed by atoms with Gasteiger partial charge in [-0.3, -0.25) is 0 Å². The molecule has 2 aliphatic heterocycles. The number of aliphatic imine (C=N–C) groups is 1. The van der Waals surface area contributed by atoms with Crippen LogP contribution >= 0.6 is 0 Å². The van der Waals surface area contributed by atoms with Crippen molar-refractivity contribution in [2.24, 2.45) is 4.99 Å². The quantitative estimate of drug-likeness (QED) is 0.902. The fourth-order valence-electron chi connectivity index (χ4n) is 3.40. The molecular weight excluding hydrogens is 276 g/mol. The number of piperazine rings is 1. The van der Waals surface area contributed by atoms with Crippen molar-refractivity contribution in [3.63, 3.8) is 0 Å². The van der Waals surface area contributed by atoms with Gasteiger partial charge < -0.3 is 15.1 Å². The van der Waals surface area contributed by atoms with E-state index in [0.29, 0.717) is 0 Å². The number of benzene rings is 1. The van der Waals surface area contributed by atoms with Crippen LogP contribution in [0.15, 0.2) is 41.7 Å². The van der Waals surface area contributed by atoms with Gasteiger partial charge in [0.15, 0.2) is 0 Å². The first-order chi connectivity index (χ1) is 10.9. The van der Waals surface area contributed by atoms with Crippen LogP contribution in [0.2, 0.25) is 0 Å². The second-order valence-electron chi connectivity index (χ2n) is 5.97. The third-order valence-electron chi connectivity index (χ3n) is 4.57. The summed E-state index contributed by atoms with van der Waals surface area (Å²) >= 11 is 0. The highest BCUT2D eigenvalue weighted by Gasteiger charge is 2.26. The van der Waals surface area contributed by atoms with Crippen LogP contribution in [0.1, 0.15) is 23.7 Å². The summed E-state index contributed by atoms with van der Waals surface area (Å²) in [5, 5.41) is 7.96. The fourth-order valence-corrected chi connectivity index (χ4v) is 3.40. The van der Waals surface area contributed by atoms with Gasteiger partial charge in [-0.25, -0.2) is 10.0 Å². The van der Waals surface area contributed by atoms with Crippen molar-refractivity contribution in [2.75, 3.05) is 32.7 Å². The summed E-state index contributed by atoms with van der Waals surface area (Å²) in [6.45, 7) is 4.87. The molecule has 0 bridgehead atoms. The molecule has 0 amide bonds. The zero-order chi connectivity index (χ0) is 14.8. The number of hydrogen-bond donors (Lipinski definition) is 1. The van der Waals surface area contributed by atoms with Crippen molar-refractivity contribution in [1.82, 2.24) is 15.3 Å². The largest absolute Gasteiger partial charge is 0.471 e. The summed E-state index contributed by atoms with van der Waals surface area (Å²) in [4.78, 5) is 4.44. The number of hydrazine groups is 1. The third kappa shape index (κ3) is 2.74. The molecule has 1 aromatic carbocycles. The van der Waals surface area contributed by atoms with Crippen molar-refractivity contribution in [3.8, 4) is 0 Å². The van der Waals surface area contributed by atoms with Crippen molar-refractivity contribution in [3.05, 3.63) is 47.8 Å². The Morgan fingerprint density at radius 1 is 1.18 bits per heavy atom. The number of hydrogen-bond acceptors (Lipinski definition) is 5. The Kier molecular flexibility index (Phi) is 3.83. The second-order valence-corrected chi connectivity index (χ2v) is 5.97. The van der Waals surface area contributed by atoms with E-state index in [0.717, 1.165) is 51.5 Å². The topological polar surface area (TPSA) is 40.1 Å². The van der Waals surface area contributed by atoms with E-state index in [9.17, 15) is 0 Å². The third-order valence-corrected chi connectivity index (χ3v) is 4.57. The molecule has 1 saturated heterocycles. The van der Waals surface area contributed by atoms with Crippen LogP contribution in [0, 0.1) is 0 Å². The van der Waals surface area contributed by atoms with E-state index in [1.54, 1.807) is 0 Å². The van der Waals surface area contributed by atoms with Crippen molar-refractivity contribution in [2.45, 2.75) is 18.9 Å². The number of ether oxygens (including phenoxy) is 1. The van der Waals surface area contributed by atoms with Crippen LogP contribution in [-0.2, 0) is 11.2 Å². The van der Waals surface area contributed by atoms with E-state index >= 15 is 0 Å². The summed E-state index contributed by atoms with van der Waals surface area (Å²) < 4.78 is 6.21. The summed E-state index contributed by atoms with van der Waals surface area (Å²) in [6.07, 6.45) is 6.20. The minimum Gasteiger partial charge on any atom is -0.471 e. The summed E-state index contributed by atoms with van der Waals surface area (Å²) in [5.41, 5.74) is 2.74. The molecule has 22 heavy (non-hydrogen) atoms. The van der Waals surface area contributed by atoms with E-state index in [2.05, 4.69) is 44.6 Å². The van der Waals surface area contributed by atoms with E-state index < -0.39 is 0 Å². The van der Waals surface area contributed by atoms with Gasteiger partial charge >= 0.3 is 0 Å². The number of aryl methyl sites for hydroxylation is 1. The average Bonchev–Trinajstić information content (AvgIpc) is 2.99. The van der Waals surface area contributed by atoms with Crippen LogP contribution in [-0.4, -0.2) is 48.6 Å². The molecule has 0 aromatic heterocycles. The Bertz CT molecular complexity index is 592. The molecule has 0 saturated carbocycles. The van der Waals surface area contributed by atoms with Gasteiger partial charge in [-0.15, -0.1) is 0 Å². The first-order valence-electron chi connectivity index (χ1n) is 8.10. The smallest absolute Gasteiger partial charge is 0.210 e. The van der Waals surface area contributed by atoms with E-state index in [1.165, 1.54) is 11.1 Å². The van der Waals surface area contributed by atoms with E-state index in [4.69, 9.17) is 4.74 Å². The predicted molar refractivity (Wildman–Crippen MR) is 86.3 cm³/mol. The molecule has 0 unspecified atom stereocenters. The van der Waals surface area contributed by atoms with Crippen LogP contribution in [0.3, 0.4) is 0 Å². The number of nitrogens with zero attached hydrogens (tertiary/aromatic N) is 3. The van der Waals surface area contributed by atoms with Gasteiger partial charge in [0.25, 0.3) is 0 Å². The molecular formula is C17H22N4O. The SMILES string of the molecule is C1=CN(N2CCNCC2)CC(O[C@H]2CCc3ccccc32)=N1. The molecule has 4 rings (SSSR count). The van der Waals surface area contributed by atoms with Gasteiger partial charge in [0.05, 0.1) is 0 Å². The van der Waals surface area contributed by atoms with E-state index in [1.807, 2.05) is 12.4 Å². The van der Waals surface area contributed by atoms with Crippen LogP contribution in [0.25, 0.3) is 0 Å². The zero-order valence-corrected chi connectivity index (χ0v) is 12.7. The summed E-state index contributed by atoms with van der Waals surface area (Å²) in [6, 6.07) is 8.58. The van der Waals surface area contributed by atoms with Gasteiger partial charge in [-0.2, -0.15) is 0 Å². The lowest BCUT2D eigenvalue weighted by Crippen LogP contribution is -2.52. The second kappa shape index (κ2) is 6.10. The minimum absolute atomic E-state index is 0.159. The maximum atomic E-state index is 6.21.